The number of para-hydroxylation sites is 1. The molecule has 1 aromatic carbocycles. The van der Waals surface area contributed by atoms with Gasteiger partial charge in [-0.05, 0) is 18.6 Å². The van der Waals surface area contributed by atoms with Gasteiger partial charge in [0.1, 0.15) is 0 Å². The summed E-state index contributed by atoms with van der Waals surface area (Å²) in [4.78, 5) is 12.0. The van der Waals surface area contributed by atoms with Crippen molar-refractivity contribution < 1.29 is 4.79 Å². The van der Waals surface area contributed by atoms with Gasteiger partial charge in [0.25, 0.3) is 5.91 Å². The zero-order valence-electron chi connectivity index (χ0n) is 10.1. The quantitative estimate of drug-likeness (QED) is 0.873. The molecule has 0 aliphatic heterocycles. The average Bonchev–Trinajstić information content (AvgIpc) is 2.63. The number of aryl methyl sites for hydroxylation is 2. The van der Waals surface area contributed by atoms with Gasteiger partial charge in [0.15, 0.2) is 5.69 Å². The number of nitrogens with two attached hydrogens (primary N) is 1. The van der Waals surface area contributed by atoms with E-state index in [0.717, 1.165) is 5.56 Å². The van der Waals surface area contributed by atoms with Crippen molar-refractivity contribution in [2.75, 3.05) is 11.1 Å². The molecule has 3 N–H and O–H groups in total. The highest BCUT2D eigenvalue weighted by molar-refractivity contribution is 6.34. The summed E-state index contributed by atoms with van der Waals surface area (Å²) in [6, 6.07) is 5.40. The zero-order valence-corrected chi connectivity index (χ0v) is 10.8. The van der Waals surface area contributed by atoms with Crippen LogP contribution in [0, 0.1) is 6.92 Å². The smallest absolute Gasteiger partial charge is 0.278 e. The third-order valence-corrected chi connectivity index (χ3v) is 2.85. The number of halogens is 1. The van der Waals surface area contributed by atoms with Crippen molar-refractivity contribution in [2.45, 2.75) is 6.92 Å². The van der Waals surface area contributed by atoms with E-state index in [1.165, 1.54) is 4.68 Å². The molecule has 2 rings (SSSR count). The second-order valence-electron chi connectivity index (χ2n) is 3.99. The molecular weight excluding hydrogens is 252 g/mol. The summed E-state index contributed by atoms with van der Waals surface area (Å²) < 4.78 is 1.49. The molecule has 0 spiro atoms. The fourth-order valence-corrected chi connectivity index (χ4v) is 1.92. The number of hydrogen-bond acceptors (Lipinski definition) is 3. The maximum atomic E-state index is 12.0. The number of anilines is 2. The van der Waals surface area contributed by atoms with Gasteiger partial charge in [0.05, 0.1) is 16.4 Å². The molecule has 1 amide bonds. The van der Waals surface area contributed by atoms with Gasteiger partial charge in [0, 0.05) is 13.2 Å². The molecule has 0 saturated heterocycles. The molecule has 0 saturated carbocycles. The first kappa shape index (κ1) is 12.4. The van der Waals surface area contributed by atoms with Gasteiger partial charge in [-0.3, -0.25) is 9.48 Å². The fraction of sp³-hybridized carbons (Fsp3) is 0.167. The maximum Gasteiger partial charge on any atom is 0.278 e. The Bertz CT molecular complexity index is 586. The van der Waals surface area contributed by atoms with Gasteiger partial charge in [-0.15, -0.1) is 0 Å². The standard InChI is InChI=1S/C12H13ClN4O/c1-7-4-3-5-8(13)10(7)15-12(18)11-9(14)6-17(2)16-11/h3-6H,14H2,1-2H3,(H,15,18). The zero-order chi connectivity index (χ0) is 13.3. The number of amides is 1. The van der Waals surface area contributed by atoms with Crippen LogP contribution in [0.4, 0.5) is 11.4 Å². The summed E-state index contributed by atoms with van der Waals surface area (Å²) in [7, 11) is 1.70. The molecule has 1 aromatic heterocycles. The predicted molar refractivity (Wildman–Crippen MR) is 71.8 cm³/mol. The molecule has 18 heavy (non-hydrogen) atoms. The molecular formula is C12H13ClN4O. The lowest BCUT2D eigenvalue weighted by molar-refractivity contribution is 0.102. The Labute approximate surface area is 110 Å². The summed E-state index contributed by atoms with van der Waals surface area (Å²) in [5, 5.41) is 7.21. The molecule has 1 heterocycles. The second-order valence-corrected chi connectivity index (χ2v) is 4.40. The Morgan fingerprint density at radius 3 is 2.78 bits per heavy atom. The fourth-order valence-electron chi connectivity index (χ4n) is 1.65. The lowest BCUT2D eigenvalue weighted by atomic mass is 10.2. The number of aromatic nitrogens is 2. The molecule has 0 aliphatic rings. The Balaban J connectivity index is 2.30. The maximum absolute atomic E-state index is 12.0. The van der Waals surface area contributed by atoms with Crippen LogP contribution in [0.3, 0.4) is 0 Å². The number of hydrogen-bond donors (Lipinski definition) is 2. The van der Waals surface area contributed by atoms with Crippen LogP contribution in [0.1, 0.15) is 16.1 Å². The van der Waals surface area contributed by atoms with Crippen LogP contribution in [0.2, 0.25) is 5.02 Å². The van der Waals surface area contributed by atoms with Crippen molar-refractivity contribution in [1.82, 2.24) is 9.78 Å². The van der Waals surface area contributed by atoms with Gasteiger partial charge in [-0.1, -0.05) is 23.7 Å². The predicted octanol–water partition coefficient (Wildman–Crippen LogP) is 2.22. The van der Waals surface area contributed by atoms with E-state index in [0.29, 0.717) is 16.4 Å². The summed E-state index contributed by atoms with van der Waals surface area (Å²) in [5.41, 5.74) is 7.68. The number of carbonyl (C=O) groups excluding carboxylic acids is 1. The van der Waals surface area contributed by atoms with Gasteiger partial charge < -0.3 is 11.1 Å². The van der Waals surface area contributed by atoms with Crippen LogP contribution in [0.25, 0.3) is 0 Å². The van der Waals surface area contributed by atoms with Crippen LogP contribution in [-0.4, -0.2) is 15.7 Å². The number of benzene rings is 1. The van der Waals surface area contributed by atoms with Crippen LogP contribution in [-0.2, 0) is 7.05 Å². The van der Waals surface area contributed by atoms with Gasteiger partial charge >= 0.3 is 0 Å². The minimum absolute atomic E-state index is 0.191. The molecule has 94 valence electrons. The number of nitrogens with one attached hydrogen (secondary N) is 1. The van der Waals surface area contributed by atoms with Crippen molar-refractivity contribution in [3.8, 4) is 0 Å². The van der Waals surface area contributed by atoms with Crippen LogP contribution < -0.4 is 11.1 Å². The van der Waals surface area contributed by atoms with Crippen molar-refractivity contribution in [3.05, 3.63) is 40.7 Å². The molecule has 2 aromatic rings. The molecule has 0 atom stereocenters. The van der Waals surface area contributed by atoms with Crippen molar-refractivity contribution in [3.63, 3.8) is 0 Å². The van der Waals surface area contributed by atoms with E-state index in [9.17, 15) is 4.79 Å². The SMILES string of the molecule is Cc1cccc(Cl)c1NC(=O)c1nn(C)cc1N. The van der Waals surface area contributed by atoms with E-state index in [2.05, 4.69) is 10.4 Å². The molecule has 5 nitrogen and oxygen atoms in total. The Morgan fingerprint density at radius 1 is 1.50 bits per heavy atom. The Hall–Kier alpha value is -2.01. The third kappa shape index (κ3) is 2.31. The Kier molecular flexibility index (Phi) is 3.25. The van der Waals surface area contributed by atoms with Gasteiger partial charge in [0.2, 0.25) is 0 Å². The largest absolute Gasteiger partial charge is 0.396 e. The van der Waals surface area contributed by atoms with Gasteiger partial charge in [-0.2, -0.15) is 5.10 Å². The summed E-state index contributed by atoms with van der Waals surface area (Å²) >= 11 is 6.03. The first-order valence-electron chi connectivity index (χ1n) is 5.34. The van der Waals surface area contributed by atoms with Crippen molar-refractivity contribution in [1.29, 1.82) is 0 Å². The number of nitrogens with zero attached hydrogens (tertiary/aromatic N) is 2. The highest BCUT2D eigenvalue weighted by Crippen LogP contribution is 2.26. The highest BCUT2D eigenvalue weighted by atomic mass is 35.5. The minimum atomic E-state index is -0.371. The third-order valence-electron chi connectivity index (χ3n) is 2.53. The first-order chi connectivity index (χ1) is 8.49. The van der Waals surface area contributed by atoms with E-state index in [4.69, 9.17) is 17.3 Å². The van der Waals surface area contributed by atoms with Crippen LogP contribution in [0.15, 0.2) is 24.4 Å². The van der Waals surface area contributed by atoms with Crippen molar-refractivity contribution in [2.24, 2.45) is 7.05 Å². The number of carbonyl (C=O) groups is 1. The van der Waals surface area contributed by atoms with Crippen molar-refractivity contribution >= 4 is 28.9 Å². The van der Waals surface area contributed by atoms with Crippen LogP contribution >= 0.6 is 11.6 Å². The lowest BCUT2D eigenvalue weighted by Gasteiger charge is -2.09. The van der Waals surface area contributed by atoms with E-state index in [1.807, 2.05) is 19.1 Å². The molecule has 6 heteroatoms. The molecule has 0 fully saturated rings. The summed E-state index contributed by atoms with van der Waals surface area (Å²) in [6.07, 6.45) is 1.58. The van der Waals surface area contributed by atoms with E-state index >= 15 is 0 Å². The average molecular weight is 265 g/mol. The lowest BCUT2D eigenvalue weighted by Crippen LogP contribution is -2.15. The van der Waals surface area contributed by atoms with E-state index < -0.39 is 0 Å². The monoisotopic (exact) mass is 264 g/mol. The normalized spacial score (nSPS) is 10.4. The summed E-state index contributed by atoms with van der Waals surface area (Å²) in [5.74, 6) is -0.371. The first-order valence-corrected chi connectivity index (χ1v) is 5.72. The molecule has 0 radical (unpaired) electrons. The number of rotatable bonds is 2. The minimum Gasteiger partial charge on any atom is -0.396 e. The number of nitrogen functional groups attached to an aromatic ring is 1. The second kappa shape index (κ2) is 4.70. The highest BCUT2D eigenvalue weighted by Gasteiger charge is 2.16. The Morgan fingerprint density at radius 2 is 2.22 bits per heavy atom. The van der Waals surface area contributed by atoms with Gasteiger partial charge in [-0.25, -0.2) is 0 Å². The molecule has 0 bridgehead atoms. The van der Waals surface area contributed by atoms with Crippen LogP contribution in [0.5, 0.6) is 0 Å². The topological polar surface area (TPSA) is 72.9 Å². The molecule has 0 aliphatic carbocycles. The van der Waals surface area contributed by atoms with E-state index in [-0.39, 0.29) is 11.6 Å². The van der Waals surface area contributed by atoms with E-state index in [1.54, 1.807) is 19.3 Å². The summed E-state index contributed by atoms with van der Waals surface area (Å²) in [6.45, 7) is 1.86. The molecule has 0 unspecified atom stereocenters.